The zero-order chi connectivity index (χ0) is 13.1. The lowest BCUT2D eigenvalue weighted by molar-refractivity contribution is -0.164. The molecule has 0 amide bonds. The van der Waals surface area contributed by atoms with Gasteiger partial charge in [0.1, 0.15) is 0 Å². The standard InChI is InChI=1S/C13H17ClO3/c1-9(2)11(14)13(16,12(15)17-3)10-7-5-4-6-8-10/h4-9,11,16H,1-3H3/t11-,13-/m0/s1. The van der Waals surface area contributed by atoms with Gasteiger partial charge in [0.25, 0.3) is 0 Å². The van der Waals surface area contributed by atoms with Gasteiger partial charge in [-0.05, 0) is 11.5 Å². The third kappa shape index (κ3) is 2.61. The topological polar surface area (TPSA) is 46.5 Å². The van der Waals surface area contributed by atoms with Gasteiger partial charge in [-0.25, -0.2) is 4.79 Å². The number of hydrogen-bond acceptors (Lipinski definition) is 3. The zero-order valence-electron chi connectivity index (χ0n) is 10.2. The van der Waals surface area contributed by atoms with Crippen LogP contribution in [0.2, 0.25) is 0 Å². The van der Waals surface area contributed by atoms with Gasteiger partial charge < -0.3 is 9.84 Å². The molecular formula is C13H17ClO3. The van der Waals surface area contributed by atoms with Gasteiger partial charge in [0.15, 0.2) is 0 Å². The van der Waals surface area contributed by atoms with Crippen molar-refractivity contribution in [1.82, 2.24) is 0 Å². The van der Waals surface area contributed by atoms with Gasteiger partial charge in [0.2, 0.25) is 5.60 Å². The van der Waals surface area contributed by atoms with Crippen LogP contribution < -0.4 is 0 Å². The lowest BCUT2D eigenvalue weighted by Gasteiger charge is -2.32. The average Bonchev–Trinajstić information content (AvgIpc) is 2.36. The van der Waals surface area contributed by atoms with Crippen LogP contribution in [-0.2, 0) is 15.1 Å². The maximum absolute atomic E-state index is 11.8. The first kappa shape index (κ1) is 14.0. The molecule has 4 heteroatoms. The Balaban J connectivity index is 3.25. The van der Waals surface area contributed by atoms with Gasteiger partial charge in [-0.3, -0.25) is 0 Å². The molecule has 0 aliphatic rings. The lowest BCUT2D eigenvalue weighted by atomic mass is 9.85. The van der Waals surface area contributed by atoms with E-state index in [1.54, 1.807) is 30.3 Å². The van der Waals surface area contributed by atoms with Gasteiger partial charge in [-0.2, -0.15) is 0 Å². The molecule has 0 bridgehead atoms. The van der Waals surface area contributed by atoms with Crippen molar-refractivity contribution >= 4 is 17.6 Å². The molecule has 94 valence electrons. The summed E-state index contributed by atoms with van der Waals surface area (Å²) in [4.78, 5) is 11.8. The van der Waals surface area contributed by atoms with Crippen molar-refractivity contribution < 1.29 is 14.6 Å². The molecule has 3 nitrogen and oxygen atoms in total. The number of carbonyl (C=O) groups excluding carboxylic acids is 1. The van der Waals surface area contributed by atoms with Crippen molar-refractivity contribution in [1.29, 1.82) is 0 Å². The fraction of sp³-hybridized carbons (Fsp3) is 0.462. The summed E-state index contributed by atoms with van der Waals surface area (Å²) >= 11 is 6.18. The summed E-state index contributed by atoms with van der Waals surface area (Å²) in [6.07, 6.45) is 0. The summed E-state index contributed by atoms with van der Waals surface area (Å²) in [6, 6.07) is 8.61. The quantitative estimate of drug-likeness (QED) is 0.664. The lowest BCUT2D eigenvalue weighted by Crippen LogP contribution is -2.47. The number of benzene rings is 1. The second-order valence-electron chi connectivity index (χ2n) is 4.27. The van der Waals surface area contributed by atoms with Crippen LogP contribution >= 0.6 is 11.6 Å². The first-order valence-corrected chi connectivity index (χ1v) is 5.88. The highest BCUT2D eigenvalue weighted by atomic mass is 35.5. The van der Waals surface area contributed by atoms with Crippen molar-refractivity contribution in [3.63, 3.8) is 0 Å². The van der Waals surface area contributed by atoms with E-state index in [2.05, 4.69) is 4.74 Å². The van der Waals surface area contributed by atoms with Gasteiger partial charge in [0, 0.05) is 0 Å². The molecule has 1 aromatic rings. The molecule has 0 spiro atoms. The zero-order valence-corrected chi connectivity index (χ0v) is 10.9. The number of alkyl halides is 1. The van der Waals surface area contributed by atoms with E-state index in [0.29, 0.717) is 5.56 Å². The van der Waals surface area contributed by atoms with Crippen LogP contribution in [0.25, 0.3) is 0 Å². The van der Waals surface area contributed by atoms with Crippen LogP contribution in [0.4, 0.5) is 0 Å². The summed E-state index contributed by atoms with van der Waals surface area (Å²) in [5.74, 6) is -0.807. The maximum Gasteiger partial charge on any atom is 0.344 e. The first-order chi connectivity index (χ1) is 7.94. The summed E-state index contributed by atoms with van der Waals surface area (Å²) in [7, 11) is 1.24. The molecular weight excluding hydrogens is 240 g/mol. The van der Waals surface area contributed by atoms with E-state index in [1.165, 1.54) is 7.11 Å². The van der Waals surface area contributed by atoms with Crippen LogP contribution in [0.3, 0.4) is 0 Å². The number of ether oxygens (including phenoxy) is 1. The van der Waals surface area contributed by atoms with Crippen molar-refractivity contribution in [3.8, 4) is 0 Å². The third-order valence-corrected chi connectivity index (χ3v) is 3.51. The summed E-state index contributed by atoms with van der Waals surface area (Å²) in [5.41, 5.74) is -1.37. The number of esters is 1. The predicted octanol–water partition coefficient (Wildman–Crippen LogP) is 2.31. The molecule has 0 unspecified atom stereocenters. The summed E-state index contributed by atoms with van der Waals surface area (Å²) < 4.78 is 4.67. The molecule has 1 rings (SSSR count). The Labute approximate surface area is 106 Å². The largest absolute Gasteiger partial charge is 0.467 e. The first-order valence-electron chi connectivity index (χ1n) is 5.45. The normalized spacial score (nSPS) is 16.4. The molecule has 1 aromatic carbocycles. The average molecular weight is 257 g/mol. The second-order valence-corrected chi connectivity index (χ2v) is 4.74. The SMILES string of the molecule is COC(=O)[C@](O)(c1ccccc1)[C@@H](Cl)C(C)C. The molecule has 0 aliphatic carbocycles. The second kappa shape index (κ2) is 5.52. The van der Waals surface area contributed by atoms with E-state index in [0.717, 1.165) is 0 Å². The summed E-state index contributed by atoms with van der Waals surface area (Å²) in [5, 5.41) is 9.83. The monoisotopic (exact) mass is 256 g/mol. The summed E-state index contributed by atoms with van der Waals surface area (Å²) in [6.45, 7) is 3.68. The van der Waals surface area contributed by atoms with E-state index in [-0.39, 0.29) is 5.92 Å². The molecule has 0 fully saturated rings. The van der Waals surface area contributed by atoms with Gasteiger partial charge >= 0.3 is 5.97 Å². The van der Waals surface area contributed by atoms with Crippen molar-refractivity contribution in [2.75, 3.05) is 7.11 Å². The minimum Gasteiger partial charge on any atom is -0.467 e. The van der Waals surface area contributed by atoms with E-state index >= 15 is 0 Å². The number of rotatable bonds is 4. The van der Waals surface area contributed by atoms with Crippen molar-refractivity contribution in [2.24, 2.45) is 5.92 Å². The van der Waals surface area contributed by atoms with Crippen molar-refractivity contribution in [3.05, 3.63) is 35.9 Å². The Morgan fingerprint density at radius 2 is 1.88 bits per heavy atom. The minimum absolute atomic E-state index is 0.0685. The van der Waals surface area contributed by atoms with Gasteiger partial charge in [-0.15, -0.1) is 11.6 Å². The van der Waals surface area contributed by atoms with E-state index < -0.39 is 16.9 Å². The smallest absolute Gasteiger partial charge is 0.344 e. The molecule has 0 aromatic heterocycles. The number of hydrogen-bond donors (Lipinski definition) is 1. The number of methoxy groups -OCH3 is 1. The third-order valence-electron chi connectivity index (χ3n) is 2.69. The molecule has 0 aliphatic heterocycles. The van der Waals surface area contributed by atoms with Gasteiger partial charge in [-0.1, -0.05) is 44.2 Å². The van der Waals surface area contributed by atoms with E-state index in [9.17, 15) is 9.90 Å². The maximum atomic E-state index is 11.8. The van der Waals surface area contributed by atoms with E-state index in [1.807, 2.05) is 13.8 Å². The van der Waals surface area contributed by atoms with Crippen LogP contribution in [0.5, 0.6) is 0 Å². The number of carbonyl (C=O) groups is 1. The molecule has 2 atom stereocenters. The molecule has 0 radical (unpaired) electrons. The molecule has 1 N–H and O–H groups in total. The Morgan fingerprint density at radius 1 is 1.35 bits per heavy atom. The highest BCUT2D eigenvalue weighted by molar-refractivity contribution is 6.23. The number of halogens is 1. The molecule has 17 heavy (non-hydrogen) atoms. The fourth-order valence-electron chi connectivity index (χ4n) is 1.72. The van der Waals surface area contributed by atoms with E-state index in [4.69, 9.17) is 11.6 Å². The van der Waals surface area contributed by atoms with Crippen LogP contribution in [0.15, 0.2) is 30.3 Å². The van der Waals surface area contributed by atoms with Crippen LogP contribution in [0.1, 0.15) is 19.4 Å². The number of aliphatic hydroxyl groups is 1. The minimum atomic E-state index is -1.81. The molecule has 0 heterocycles. The fourth-order valence-corrected chi connectivity index (χ4v) is 1.93. The molecule has 0 saturated heterocycles. The Kier molecular flexibility index (Phi) is 4.54. The van der Waals surface area contributed by atoms with Gasteiger partial charge in [0.05, 0.1) is 12.5 Å². The highest BCUT2D eigenvalue weighted by Crippen LogP contribution is 2.34. The molecule has 0 saturated carbocycles. The Hall–Kier alpha value is -1.06. The Morgan fingerprint density at radius 3 is 2.29 bits per heavy atom. The predicted molar refractivity (Wildman–Crippen MR) is 66.8 cm³/mol. The van der Waals surface area contributed by atoms with Crippen LogP contribution in [0, 0.1) is 5.92 Å². The van der Waals surface area contributed by atoms with Crippen LogP contribution in [-0.4, -0.2) is 23.6 Å². The Bertz CT molecular complexity index is 378. The highest BCUT2D eigenvalue weighted by Gasteiger charge is 2.47. The van der Waals surface area contributed by atoms with Crippen molar-refractivity contribution in [2.45, 2.75) is 24.8 Å².